The molecule has 11 heteroatoms. The van der Waals surface area contributed by atoms with Crippen LogP contribution in [0.3, 0.4) is 0 Å². The molecule has 0 aromatic heterocycles. The topological polar surface area (TPSA) is 109 Å². The van der Waals surface area contributed by atoms with Crippen LogP contribution in [0.25, 0.3) is 0 Å². The van der Waals surface area contributed by atoms with Crippen LogP contribution in [0, 0.1) is 5.92 Å². The van der Waals surface area contributed by atoms with Gasteiger partial charge in [-0.15, -0.1) is 12.4 Å². The molecule has 6 nitrogen and oxygen atoms in total. The molecule has 1 aromatic carbocycles. The first kappa shape index (κ1) is 20.7. The van der Waals surface area contributed by atoms with E-state index in [9.17, 15) is 31.5 Å². The third kappa shape index (κ3) is 4.00. The van der Waals surface area contributed by atoms with Crippen molar-refractivity contribution in [2.24, 2.45) is 11.7 Å². The van der Waals surface area contributed by atoms with E-state index in [4.69, 9.17) is 5.73 Å². The van der Waals surface area contributed by atoms with Gasteiger partial charge in [0, 0.05) is 11.7 Å². The highest BCUT2D eigenvalue weighted by Crippen LogP contribution is 2.32. The molecular formula is C13H16ClF3N2O4S. The van der Waals surface area contributed by atoms with Crippen LogP contribution in [0.15, 0.2) is 29.2 Å². The molecule has 0 spiro atoms. The predicted octanol–water partition coefficient (Wildman–Crippen LogP) is 1.44. The van der Waals surface area contributed by atoms with E-state index >= 15 is 0 Å². The first-order chi connectivity index (χ1) is 10.5. The third-order valence-electron chi connectivity index (χ3n) is 3.74. The lowest BCUT2D eigenvalue weighted by atomic mass is 10.0. The molecule has 0 saturated heterocycles. The molecule has 0 aliphatic heterocycles. The molecular weight excluding hydrogens is 373 g/mol. The molecule has 136 valence electrons. The number of nitrogens with two attached hydrogens (primary N) is 1. The number of rotatable bonds is 3. The maximum atomic E-state index is 12.5. The van der Waals surface area contributed by atoms with Crippen molar-refractivity contribution >= 4 is 33.8 Å². The van der Waals surface area contributed by atoms with Crippen molar-refractivity contribution in [3.05, 3.63) is 24.3 Å². The third-order valence-corrected chi connectivity index (χ3v) is 5.22. The molecule has 24 heavy (non-hydrogen) atoms. The van der Waals surface area contributed by atoms with Crippen LogP contribution in [0.1, 0.15) is 12.8 Å². The SMILES string of the molecule is Cl.N[C@H]1[C@@H](O)CC[C@H]1C(=O)Nc1cccc(S(=O)(=O)C(F)(F)F)c1. The molecule has 0 radical (unpaired) electrons. The van der Waals surface area contributed by atoms with E-state index in [1.807, 2.05) is 0 Å². The Morgan fingerprint density at radius 3 is 2.42 bits per heavy atom. The van der Waals surface area contributed by atoms with Gasteiger partial charge in [-0.3, -0.25) is 4.79 Å². The van der Waals surface area contributed by atoms with E-state index in [1.165, 1.54) is 6.07 Å². The summed E-state index contributed by atoms with van der Waals surface area (Å²) in [7, 11) is -5.49. The fourth-order valence-electron chi connectivity index (χ4n) is 2.42. The highest BCUT2D eigenvalue weighted by molar-refractivity contribution is 7.92. The Kier molecular flexibility index (Phi) is 6.26. The van der Waals surface area contributed by atoms with Gasteiger partial charge in [-0.1, -0.05) is 6.07 Å². The summed E-state index contributed by atoms with van der Waals surface area (Å²) in [5.41, 5.74) is 0.166. The summed E-state index contributed by atoms with van der Waals surface area (Å²) in [4.78, 5) is 11.1. The molecule has 0 unspecified atom stereocenters. The minimum Gasteiger partial charge on any atom is -0.391 e. The van der Waals surface area contributed by atoms with Gasteiger partial charge < -0.3 is 16.2 Å². The standard InChI is InChI=1S/C13H15F3N2O4S.ClH/c14-13(15,16)23(21,22)8-3-1-2-7(6-8)18-12(20)9-4-5-10(19)11(9)17;/h1-3,6,9-11,19H,4-5,17H2,(H,18,20);1H/t9-,10+,11-;/m1./s1. The first-order valence-electron chi connectivity index (χ1n) is 6.70. The highest BCUT2D eigenvalue weighted by atomic mass is 35.5. The van der Waals surface area contributed by atoms with Crippen molar-refractivity contribution in [2.45, 2.75) is 35.4 Å². The highest BCUT2D eigenvalue weighted by Gasteiger charge is 2.47. The number of carbonyl (C=O) groups excluding carboxylic acids is 1. The van der Waals surface area contributed by atoms with Crippen LogP contribution in [-0.4, -0.2) is 37.1 Å². The summed E-state index contributed by atoms with van der Waals surface area (Å²) in [6.07, 6.45) is -0.126. The molecule has 1 fully saturated rings. The zero-order chi connectivity index (χ0) is 17.4. The number of sulfone groups is 1. The molecule has 1 saturated carbocycles. The molecule has 1 aromatic rings. The van der Waals surface area contributed by atoms with Gasteiger partial charge in [-0.25, -0.2) is 8.42 Å². The maximum Gasteiger partial charge on any atom is 0.501 e. The fourth-order valence-corrected chi connectivity index (χ4v) is 3.23. The van der Waals surface area contributed by atoms with E-state index in [0.717, 1.165) is 18.2 Å². The van der Waals surface area contributed by atoms with Crippen molar-refractivity contribution in [3.8, 4) is 0 Å². The number of alkyl halides is 3. The number of carbonyl (C=O) groups is 1. The Bertz CT molecular complexity index is 711. The summed E-state index contributed by atoms with van der Waals surface area (Å²) in [6, 6.07) is 3.13. The summed E-state index contributed by atoms with van der Waals surface area (Å²) in [6.45, 7) is 0. The van der Waals surface area contributed by atoms with Crippen molar-refractivity contribution in [1.29, 1.82) is 0 Å². The van der Waals surface area contributed by atoms with Crippen molar-refractivity contribution in [3.63, 3.8) is 0 Å². The quantitative estimate of drug-likeness (QED) is 0.725. The summed E-state index contributed by atoms with van der Waals surface area (Å²) >= 11 is 0. The second-order valence-electron chi connectivity index (χ2n) is 5.29. The number of anilines is 1. The normalized spacial score (nSPS) is 24.3. The van der Waals surface area contributed by atoms with Crippen molar-refractivity contribution < 1.29 is 31.5 Å². The van der Waals surface area contributed by atoms with Crippen molar-refractivity contribution in [2.75, 3.05) is 5.32 Å². The smallest absolute Gasteiger partial charge is 0.391 e. The van der Waals surface area contributed by atoms with E-state index < -0.39 is 44.2 Å². The number of aliphatic hydroxyl groups excluding tert-OH is 1. The van der Waals surface area contributed by atoms with Gasteiger partial charge in [0.1, 0.15) is 0 Å². The van der Waals surface area contributed by atoms with Gasteiger partial charge in [0.15, 0.2) is 0 Å². The van der Waals surface area contributed by atoms with Crippen LogP contribution in [0.2, 0.25) is 0 Å². The van der Waals surface area contributed by atoms with Gasteiger partial charge in [-0.2, -0.15) is 13.2 Å². The predicted molar refractivity (Wildman–Crippen MR) is 82.3 cm³/mol. The van der Waals surface area contributed by atoms with E-state index in [0.29, 0.717) is 12.8 Å². The van der Waals surface area contributed by atoms with E-state index in [1.54, 1.807) is 0 Å². The zero-order valence-electron chi connectivity index (χ0n) is 12.2. The Balaban J connectivity index is 0.00000288. The average molecular weight is 389 g/mol. The second kappa shape index (κ2) is 7.26. The molecule has 0 heterocycles. The lowest BCUT2D eigenvalue weighted by Gasteiger charge is -2.17. The minimum absolute atomic E-state index is 0. The van der Waals surface area contributed by atoms with Crippen molar-refractivity contribution in [1.82, 2.24) is 0 Å². The number of amides is 1. The minimum atomic E-state index is -5.49. The molecule has 1 aliphatic rings. The summed E-state index contributed by atoms with van der Waals surface area (Å²) < 4.78 is 60.3. The number of aliphatic hydroxyl groups is 1. The lowest BCUT2D eigenvalue weighted by molar-refractivity contribution is -0.120. The monoisotopic (exact) mass is 388 g/mol. The Hall–Kier alpha value is -1.36. The number of hydrogen-bond acceptors (Lipinski definition) is 5. The van der Waals surface area contributed by atoms with Gasteiger partial charge in [-0.05, 0) is 31.0 Å². The van der Waals surface area contributed by atoms with Crippen LogP contribution >= 0.6 is 12.4 Å². The number of nitrogens with one attached hydrogen (secondary N) is 1. The van der Waals surface area contributed by atoms with Crippen LogP contribution < -0.4 is 11.1 Å². The maximum absolute atomic E-state index is 12.5. The molecule has 4 N–H and O–H groups in total. The summed E-state index contributed by atoms with van der Waals surface area (Å²) in [5.74, 6) is -1.26. The molecule has 1 aliphatic carbocycles. The van der Waals surface area contributed by atoms with Crippen LogP contribution in [0.5, 0.6) is 0 Å². The fraction of sp³-hybridized carbons (Fsp3) is 0.462. The number of benzene rings is 1. The van der Waals surface area contributed by atoms with Gasteiger partial charge >= 0.3 is 5.51 Å². The van der Waals surface area contributed by atoms with Crippen LogP contribution in [-0.2, 0) is 14.6 Å². The second-order valence-corrected chi connectivity index (χ2v) is 7.24. The molecule has 3 atom stereocenters. The molecule has 0 bridgehead atoms. The zero-order valence-corrected chi connectivity index (χ0v) is 13.8. The average Bonchev–Trinajstić information content (AvgIpc) is 2.78. The Morgan fingerprint density at radius 1 is 1.29 bits per heavy atom. The number of hydrogen-bond donors (Lipinski definition) is 3. The Morgan fingerprint density at radius 2 is 1.92 bits per heavy atom. The summed E-state index contributed by atoms with van der Waals surface area (Å²) in [5, 5.41) is 11.9. The van der Waals surface area contributed by atoms with Gasteiger partial charge in [0.05, 0.1) is 16.9 Å². The lowest BCUT2D eigenvalue weighted by Crippen LogP contribution is -2.40. The van der Waals surface area contributed by atoms with Gasteiger partial charge in [0.25, 0.3) is 9.84 Å². The van der Waals surface area contributed by atoms with Crippen LogP contribution in [0.4, 0.5) is 18.9 Å². The first-order valence-corrected chi connectivity index (χ1v) is 8.18. The van der Waals surface area contributed by atoms with E-state index in [-0.39, 0.29) is 18.1 Å². The largest absolute Gasteiger partial charge is 0.501 e. The number of halogens is 4. The molecule has 2 rings (SSSR count). The Labute approximate surface area is 142 Å². The molecule has 1 amide bonds. The van der Waals surface area contributed by atoms with E-state index in [2.05, 4.69) is 5.32 Å². The van der Waals surface area contributed by atoms with Gasteiger partial charge in [0.2, 0.25) is 5.91 Å².